The summed E-state index contributed by atoms with van der Waals surface area (Å²) in [6, 6.07) is 11.4. The van der Waals surface area contributed by atoms with Gasteiger partial charge >= 0.3 is 0 Å². The SMILES string of the molecule is CCN(CC(=O)N1CCC(C)Sc2ccccc21)Cc1nc2cc(OC)c(OC)cc2c(=O)[nH]1. The number of para-hydroxylation sites is 1. The highest BCUT2D eigenvalue weighted by atomic mass is 32.2. The van der Waals surface area contributed by atoms with E-state index in [9.17, 15) is 9.59 Å². The number of rotatable bonds is 7. The van der Waals surface area contributed by atoms with Crippen LogP contribution in [0, 0.1) is 0 Å². The molecule has 0 saturated carbocycles. The molecule has 0 spiro atoms. The maximum Gasteiger partial charge on any atom is 0.258 e. The second-order valence-corrected chi connectivity index (χ2v) is 9.75. The van der Waals surface area contributed by atoms with Crippen LogP contribution in [0.2, 0.25) is 0 Å². The van der Waals surface area contributed by atoms with Gasteiger partial charge in [-0.1, -0.05) is 26.0 Å². The predicted octanol–water partition coefficient (Wildman–Crippen LogP) is 3.68. The molecule has 3 aromatic rings. The molecule has 1 aliphatic heterocycles. The number of fused-ring (bicyclic) bond motifs is 2. The molecule has 1 atom stereocenters. The third kappa shape index (κ3) is 5.05. The lowest BCUT2D eigenvalue weighted by Gasteiger charge is -2.26. The van der Waals surface area contributed by atoms with Crippen molar-refractivity contribution >= 4 is 34.3 Å². The molecule has 0 radical (unpaired) electrons. The number of nitrogens with one attached hydrogen (secondary N) is 1. The summed E-state index contributed by atoms with van der Waals surface area (Å²) in [5.41, 5.74) is 1.23. The van der Waals surface area contributed by atoms with Crippen LogP contribution in [0.5, 0.6) is 11.5 Å². The molecule has 2 aromatic carbocycles. The minimum Gasteiger partial charge on any atom is -0.493 e. The van der Waals surface area contributed by atoms with Crippen molar-refractivity contribution in [2.75, 3.05) is 38.8 Å². The smallest absolute Gasteiger partial charge is 0.258 e. The van der Waals surface area contributed by atoms with Crippen LogP contribution in [-0.4, -0.2) is 59.9 Å². The van der Waals surface area contributed by atoms with Crippen molar-refractivity contribution in [3.8, 4) is 11.5 Å². The number of hydrogen-bond acceptors (Lipinski definition) is 7. The molecule has 1 unspecified atom stereocenters. The van der Waals surface area contributed by atoms with Gasteiger partial charge in [0.2, 0.25) is 5.91 Å². The summed E-state index contributed by atoms with van der Waals surface area (Å²) >= 11 is 1.81. The van der Waals surface area contributed by atoms with E-state index in [1.807, 2.05) is 46.7 Å². The van der Waals surface area contributed by atoms with Crippen molar-refractivity contribution < 1.29 is 14.3 Å². The standard InChI is InChI=1S/C25H30N4O4S/c1-5-28(15-24(30)29-11-10-16(2)34-22-9-7-6-8-19(22)29)14-23-26-18-13-21(33-4)20(32-3)12-17(18)25(31)27-23/h6-9,12-13,16H,5,10-11,14-15H2,1-4H3,(H,26,27,31). The monoisotopic (exact) mass is 482 g/mol. The normalized spacial score (nSPS) is 15.8. The Morgan fingerprint density at radius 2 is 1.97 bits per heavy atom. The Morgan fingerprint density at radius 1 is 1.24 bits per heavy atom. The lowest BCUT2D eigenvalue weighted by atomic mass is 10.2. The van der Waals surface area contributed by atoms with Crippen molar-refractivity contribution in [3.05, 3.63) is 52.6 Å². The van der Waals surface area contributed by atoms with Gasteiger partial charge in [-0.15, -0.1) is 11.8 Å². The largest absolute Gasteiger partial charge is 0.493 e. The number of anilines is 1. The quantitative estimate of drug-likeness (QED) is 0.550. The molecule has 1 aliphatic rings. The summed E-state index contributed by atoms with van der Waals surface area (Å²) in [5, 5.41) is 0.872. The van der Waals surface area contributed by atoms with Gasteiger partial charge in [-0.25, -0.2) is 4.98 Å². The van der Waals surface area contributed by atoms with Gasteiger partial charge in [0.05, 0.1) is 43.9 Å². The van der Waals surface area contributed by atoms with Crippen LogP contribution < -0.4 is 19.9 Å². The molecule has 180 valence electrons. The third-order valence-corrected chi connectivity index (χ3v) is 7.22. The molecular weight excluding hydrogens is 452 g/mol. The number of nitrogens with zero attached hydrogens (tertiary/aromatic N) is 3. The van der Waals surface area contributed by atoms with Gasteiger partial charge < -0.3 is 19.4 Å². The molecular formula is C25H30N4O4S. The number of thioether (sulfide) groups is 1. The molecule has 0 fully saturated rings. The number of H-pyrrole nitrogens is 1. The van der Waals surface area contributed by atoms with Gasteiger partial charge in [0.15, 0.2) is 11.5 Å². The van der Waals surface area contributed by atoms with Crippen LogP contribution >= 0.6 is 11.8 Å². The molecule has 2 heterocycles. The van der Waals surface area contributed by atoms with Gasteiger partial charge in [0.25, 0.3) is 5.56 Å². The average Bonchev–Trinajstić information content (AvgIpc) is 3.00. The van der Waals surface area contributed by atoms with Gasteiger partial charge in [-0.2, -0.15) is 0 Å². The number of amides is 1. The van der Waals surface area contributed by atoms with Gasteiger partial charge in [0, 0.05) is 22.8 Å². The maximum absolute atomic E-state index is 13.4. The molecule has 1 aromatic heterocycles. The number of carbonyl (C=O) groups is 1. The van der Waals surface area contributed by atoms with E-state index in [0.717, 1.165) is 17.0 Å². The summed E-state index contributed by atoms with van der Waals surface area (Å²) in [7, 11) is 3.07. The zero-order valence-corrected chi connectivity index (χ0v) is 20.8. The maximum atomic E-state index is 13.4. The Kier molecular flexibility index (Phi) is 7.43. The zero-order chi connectivity index (χ0) is 24.2. The topological polar surface area (TPSA) is 87.8 Å². The van der Waals surface area contributed by atoms with Gasteiger partial charge in [-0.05, 0) is 31.2 Å². The Morgan fingerprint density at radius 3 is 2.71 bits per heavy atom. The Labute approximate surface area is 203 Å². The first-order valence-electron chi connectivity index (χ1n) is 11.4. The lowest BCUT2D eigenvalue weighted by Crippen LogP contribution is -2.41. The molecule has 8 nitrogen and oxygen atoms in total. The van der Waals surface area contributed by atoms with E-state index in [-0.39, 0.29) is 18.0 Å². The fraction of sp³-hybridized carbons (Fsp3) is 0.400. The van der Waals surface area contributed by atoms with Gasteiger partial charge in [-0.3, -0.25) is 14.5 Å². The summed E-state index contributed by atoms with van der Waals surface area (Å²) < 4.78 is 10.6. The number of likely N-dealkylation sites (N-methyl/N-ethyl adjacent to an activating group) is 1. The molecule has 0 saturated heterocycles. The van der Waals surface area contributed by atoms with E-state index >= 15 is 0 Å². The van der Waals surface area contributed by atoms with E-state index in [2.05, 4.69) is 23.0 Å². The predicted molar refractivity (Wildman–Crippen MR) is 135 cm³/mol. The van der Waals surface area contributed by atoms with E-state index < -0.39 is 0 Å². The Hall–Kier alpha value is -3.04. The molecule has 1 N–H and O–H groups in total. The molecule has 4 rings (SSSR count). The van der Waals surface area contributed by atoms with E-state index in [0.29, 0.717) is 53.1 Å². The number of carbonyl (C=O) groups excluding carboxylic acids is 1. The first-order chi connectivity index (χ1) is 16.4. The summed E-state index contributed by atoms with van der Waals surface area (Å²) in [4.78, 5) is 38.6. The lowest BCUT2D eigenvalue weighted by molar-refractivity contribution is -0.119. The number of aromatic nitrogens is 2. The Balaban J connectivity index is 1.56. The summed E-state index contributed by atoms with van der Waals surface area (Å²) in [6.07, 6.45) is 0.933. The number of benzene rings is 2. The number of methoxy groups -OCH3 is 2. The highest BCUT2D eigenvalue weighted by Gasteiger charge is 2.25. The minimum absolute atomic E-state index is 0.0403. The second kappa shape index (κ2) is 10.5. The third-order valence-electron chi connectivity index (χ3n) is 5.98. The van der Waals surface area contributed by atoms with E-state index in [1.165, 1.54) is 7.11 Å². The van der Waals surface area contributed by atoms with E-state index in [1.54, 1.807) is 19.2 Å². The highest BCUT2D eigenvalue weighted by molar-refractivity contribution is 8.00. The van der Waals surface area contributed by atoms with Crippen LogP contribution in [0.3, 0.4) is 0 Å². The molecule has 34 heavy (non-hydrogen) atoms. The van der Waals surface area contributed by atoms with Crippen LogP contribution in [0.25, 0.3) is 10.9 Å². The minimum atomic E-state index is -0.254. The summed E-state index contributed by atoms with van der Waals surface area (Å²) in [6.45, 7) is 6.10. The second-order valence-electron chi connectivity index (χ2n) is 8.27. The number of hydrogen-bond donors (Lipinski definition) is 1. The van der Waals surface area contributed by atoms with Crippen molar-refractivity contribution in [3.63, 3.8) is 0 Å². The van der Waals surface area contributed by atoms with Crippen molar-refractivity contribution in [2.45, 2.75) is 37.0 Å². The fourth-order valence-electron chi connectivity index (χ4n) is 4.10. The van der Waals surface area contributed by atoms with Crippen LogP contribution in [-0.2, 0) is 11.3 Å². The van der Waals surface area contributed by atoms with Crippen molar-refractivity contribution in [1.82, 2.24) is 14.9 Å². The number of ether oxygens (including phenoxy) is 2. The summed E-state index contributed by atoms with van der Waals surface area (Å²) in [5.74, 6) is 1.52. The number of aromatic amines is 1. The Bertz CT molecular complexity index is 1250. The van der Waals surface area contributed by atoms with Crippen LogP contribution in [0.4, 0.5) is 5.69 Å². The molecule has 0 aliphatic carbocycles. The molecule has 1 amide bonds. The van der Waals surface area contributed by atoms with Crippen LogP contribution in [0.15, 0.2) is 46.1 Å². The highest BCUT2D eigenvalue weighted by Crippen LogP contribution is 2.37. The van der Waals surface area contributed by atoms with Crippen molar-refractivity contribution in [2.24, 2.45) is 0 Å². The molecule has 0 bridgehead atoms. The van der Waals surface area contributed by atoms with Gasteiger partial charge in [0.1, 0.15) is 5.82 Å². The first kappa shape index (κ1) is 24.1. The first-order valence-corrected chi connectivity index (χ1v) is 12.2. The zero-order valence-electron chi connectivity index (χ0n) is 20.0. The van der Waals surface area contributed by atoms with Crippen molar-refractivity contribution in [1.29, 1.82) is 0 Å². The fourth-order valence-corrected chi connectivity index (χ4v) is 5.22. The van der Waals surface area contributed by atoms with Crippen LogP contribution in [0.1, 0.15) is 26.1 Å². The van der Waals surface area contributed by atoms with E-state index in [4.69, 9.17) is 9.47 Å². The average molecular weight is 483 g/mol. The molecule has 9 heteroatoms.